The molecule has 0 saturated carbocycles. The molecule has 2 rings (SSSR count). The summed E-state index contributed by atoms with van der Waals surface area (Å²) in [5.74, 6) is -0.592. The first-order valence-electron chi connectivity index (χ1n) is 7.47. The summed E-state index contributed by atoms with van der Waals surface area (Å²) in [6.07, 6.45) is 1.34. The molecule has 0 fully saturated rings. The first kappa shape index (κ1) is 18.5. The van der Waals surface area contributed by atoms with Crippen LogP contribution in [0.2, 0.25) is 0 Å². The van der Waals surface area contributed by atoms with Crippen LogP contribution in [-0.2, 0) is 10.0 Å². The van der Waals surface area contributed by atoms with Crippen LogP contribution in [0.4, 0.5) is 5.69 Å². The Bertz CT molecular complexity index is 881. The van der Waals surface area contributed by atoms with E-state index in [0.717, 1.165) is 6.42 Å². The molecule has 0 spiro atoms. The highest BCUT2D eigenvalue weighted by Gasteiger charge is 2.19. The average Bonchev–Trinajstić information content (AvgIpc) is 2.55. The standard InChI is InChI=1S/C16H19BrN2O4S/c1-3-4-8-24(22,23)19-13-7-5-6-10-14(13)12(17)9-11(15(10)20)16(21)18-2/h5-7,9,19-20H,3-4,8H2,1-2H3,(H,18,21). The molecule has 2 aromatic rings. The highest BCUT2D eigenvalue weighted by molar-refractivity contribution is 9.10. The van der Waals surface area contributed by atoms with E-state index in [1.807, 2.05) is 6.92 Å². The Morgan fingerprint density at radius 1 is 1.33 bits per heavy atom. The Morgan fingerprint density at radius 3 is 2.67 bits per heavy atom. The number of hydrogen-bond acceptors (Lipinski definition) is 4. The Balaban J connectivity index is 2.58. The van der Waals surface area contributed by atoms with Crippen molar-refractivity contribution in [1.82, 2.24) is 5.32 Å². The summed E-state index contributed by atoms with van der Waals surface area (Å²) in [6, 6.07) is 6.35. The molecule has 0 saturated heterocycles. The smallest absolute Gasteiger partial charge is 0.254 e. The maximum atomic E-state index is 12.2. The monoisotopic (exact) mass is 414 g/mol. The number of fused-ring (bicyclic) bond motifs is 1. The number of amides is 1. The Labute approximate surface area is 149 Å². The summed E-state index contributed by atoms with van der Waals surface area (Å²) >= 11 is 3.36. The van der Waals surface area contributed by atoms with Crippen LogP contribution in [0, 0.1) is 0 Å². The van der Waals surface area contributed by atoms with Crippen LogP contribution in [-0.4, -0.2) is 32.2 Å². The Morgan fingerprint density at radius 2 is 2.04 bits per heavy atom. The summed E-state index contributed by atoms with van der Waals surface area (Å²) in [7, 11) is -2.01. The van der Waals surface area contributed by atoms with Crippen molar-refractivity contribution in [2.24, 2.45) is 0 Å². The summed E-state index contributed by atoms with van der Waals surface area (Å²) in [4.78, 5) is 11.9. The number of phenolic OH excluding ortho intramolecular Hbond substituents is 1. The zero-order valence-corrected chi connectivity index (χ0v) is 15.8. The van der Waals surface area contributed by atoms with Gasteiger partial charge in [0.15, 0.2) is 0 Å². The van der Waals surface area contributed by atoms with Crippen LogP contribution in [0.1, 0.15) is 30.1 Å². The lowest BCUT2D eigenvalue weighted by molar-refractivity contribution is 0.0960. The van der Waals surface area contributed by atoms with Gasteiger partial charge >= 0.3 is 0 Å². The molecule has 0 aromatic heterocycles. The van der Waals surface area contributed by atoms with Gasteiger partial charge in [0.25, 0.3) is 5.91 Å². The fourth-order valence-electron chi connectivity index (χ4n) is 2.37. The molecule has 1 amide bonds. The number of sulfonamides is 1. The molecule has 0 aliphatic heterocycles. The van der Waals surface area contributed by atoms with E-state index in [0.29, 0.717) is 27.4 Å². The largest absolute Gasteiger partial charge is 0.506 e. The minimum absolute atomic E-state index is 0.0276. The SMILES string of the molecule is CCCCS(=O)(=O)Nc1cccc2c(O)c(C(=O)NC)cc(Br)c12. The third-order valence-electron chi connectivity index (χ3n) is 3.59. The third-order valence-corrected chi connectivity index (χ3v) is 5.57. The van der Waals surface area contributed by atoms with Gasteiger partial charge in [0.1, 0.15) is 5.75 Å². The van der Waals surface area contributed by atoms with E-state index >= 15 is 0 Å². The second-order valence-electron chi connectivity index (χ2n) is 5.34. The van der Waals surface area contributed by atoms with Crippen LogP contribution in [0.5, 0.6) is 5.75 Å². The van der Waals surface area contributed by atoms with Crippen molar-refractivity contribution in [3.8, 4) is 5.75 Å². The lowest BCUT2D eigenvalue weighted by Gasteiger charge is -2.14. The summed E-state index contributed by atoms with van der Waals surface area (Å²) in [5, 5.41) is 13.7. The number of unbranched alkanes of at least 4 members (excludes halogenated alkanes) is 1. The molecule has 3 N–H and O–H groups in total. The normalized spacial score (nSPS) is 11.5. The number of carbonyl (C=O) groups is 1. The maximum Gasteiger partial charge on any atom is 0.254 e. The van der Waals surface area contributed by atoms with Crippen molar-refractivity contribution in [2.45, 2.75) is 19.8 Å². The van der Waals surface area contributed by atoms with E-state index in [4.69, 9.17) is 0 Å². The van der Waals surface area contributed by atoms with Gasteiger partial charge in [-0.1, -0.05) is 41.4 Å². The number of phenols is 1. The van der Waals surface area contributed by atoms with E-state index in [9.17, 15) is 18.3 Å². The van der Waals surface area contributed by atoms with Gasteiger partial charge < -0.3 is 10.4 Å². The van der Waals surface area contributed by atoms with Gasteiger partial charge in [-0.05, 0) is 18.6 Å². The fourth-order valence-corrected chi connectivity index (χ4v) is 4.30. The molecule has 0 heterocycles. The highest BCUT2D eigenvalue weighted by Crippen LogP contribution is 2.39. The van der Waals surface area contributed by atoms with Crippen LogP contribution >= 0.6 is 15.9 Å². The van der Waals surface area contributed by atoms with Crippen LogP contribution in [0.3, 0.4) is 0 Å². The summed E-state index contributed by atoms with van der Waals surface area (Å²) in [6.45, 7) is 1.92. The topological polar surface area (TPSA) is 95.5 Å². The summed E-state index contributed by atoms with van der Waals surface area (Å²) in [5.41, 5.74) is 0.470. The van der Waals surface area contributed by atoms with Crippen molar-refractivity contribution in [1.29, 1.82) is 0 Å². The molecule has 0 bridgehead atoms. The van der Waals surface area contributed by atoms with Crippen LogP contribution in [0.15, 0.2) is 28.7 Å². The number of anilines is 1. The second kappa shape index (κ2) is 7.40. The van der Waals surface area contributed by atoms with E-state index in [1.165, 1.54) is 13.1 Å². The van der Waals surface area contributed by atoms with Crippen LogP contribution < -0.4 is 10.0 Å². The molecular formula is C16H19BrN2O4S. The third kappa shape index (κ3) is 3.81. The van der Waals surface area contributed by atoms with E-state index in [1.54, 1.807) is 18.2 Å². The highest BCUT2D eigenvalue weighted by atomic mass is 79.9. The molecular weight excluding hydrogens is 396 g/mol. The number of hydrogen-bond donors (Lipinski definition) is 3. The molecule has 8 heteroatoms. The Hall–Kier alpha value is -1.80. The van der Waals surface area contributed by atoms with Gasteiger partial charge in [-0.25, -0.2) is 8.42 Å². The quantitative estimate of drug-likeness (QED) is 0.675. The molecule has 130 valence electrons. The molecule has 0 aliphatic carbocycles. The van der Waals surface area contributed by atoms with Gasteiger partial charge in [-0.3, -0.25) is 9.52 Å². The Kier molecular flexibility index (Phi) is 5.71. The molecule has 0 radical (unpaired) electrons. The fraction of sp³-hybridized carbons (Fsp3) is 0.312. The van der Waals surface area contributed by atoms with Gasteiger partial charge in [0, 0.05) is 22.3 Å². The molecule has 2 aromatic carbocycles. The predicted octanol–water partition coefficient (Wildman–Crippen LogP) is 3.21. The second-order valence-corrected chi connectivity index (χ2v) is 8.03. The number of benzene rings is 2. The van der Waals surface area contributed by atoms with Crippen LogP contribution in [0.25, 0.3) is 10.8 Å². The van der Waals surface area contributed by atoms with Crippen molar-refractivity contribution in [3.63, 3.8) is 0 Å². The van der Waals surface area contributed by atoms with Crippen molar-refractivity contribution < 1.29 is 18.3 Å². The molecule has 6 nitrogen and oxygen atoms in total. The van der Waals surface area contributed by atoms with Crippen molar-refractivity contribution in [2.75, 3.05) is 17.5 Å². The average molecular weight is 415 g/mol. The number of nitrogens with one attached hydrogen (secondary N) is 2. The zero-order valence-electron chi connectivity index (χ0n) is 13.4. The number of carbonyl (C=O) groups excluding carboxylic acids is 1. The number of halogens is 1. The van der Waals surface area contributed by atoms with Gasteiger partial charge in [0.05, 0.1) is 17.0 Å². The first-order valence-corrected chi connectivity index (χ1v) is 9.92. The van der Waals surface area contributed by atoms with Gasteiger partial charge in [0.2, 0.25) is 10.0 Å². The molecule has 0 unspecified atom stereocenters. The van der Waals surface area contributed by atoms with E-state index < -0.39 is 15.9 Å². The minimum atomic E-state index is -3.48. The van der Waals surface area contributed by atoms with Crippen molar-refractivity contribution in [3.05, 3.63) is 34.3 Å². The van der Waals surface area contributed by atoms with E-state index in [-0.39, 0.29) is 17.1 Å². The minimum Gasteiger partial charge on any atom is -0.506 e. The lowest BCUT2D eigenvalue weighted by atomic mass is 10.0. The summed E-state index contributed by atoms with van der Waals surface area (Å²) < 4.78 is 27.4. The first-order chi connectivity index (χ1) is 11.3. The number of aromatic hydroxyl groups is 1. The molecule has 0 aliphatic rings. The molecule has 24 heavy (non-hydrogen) atoms. The maximum absolute atomic E-state index is 12.2. The van der Waals surface area contributed by atoms with Gasteiger partial charge in [-0.15, -0.1) is 0 Å². The zero-order chi connectivity index (χ0) is 17.9. The lowest BCUT2D eigenvalue weighted by Crippen LogP contribution is -2.18. The molecule has 0 atom stereocenters. The number of rotatable bonds is 6. The predicted molar refractivity (Wildman–Crippen MR) is 99.0 cm³/mol. The van der Waals surface area contributed by atoms with Crippen molar-refractivity contribution >= 4 is 48.3 Å². The van der Waals surface area contributed by atoms with Gasteiger partial charge in [-0.2, -0.15) is 0 Å². The van der Waals surface area contributed by atoms with E-state index in [2.05, 4.69) is 26.0 Å².